The molecule has 104 valence electrons. The fourth-order valence-corrected chi connectivity index (χ4v) is 2.23. The zero-order chi connectivity index (χ0) is 13.9. The number of rotatable bonds is 5. The van der Waals surface area contributed by atoms with Crippen molar-refractivity contribution in [1.82, 2.24) is 5.32 Å². The molecule has 1 N–H and O–H groups in total. The predicted octanol–water partition coefficient (Wildman–Crippen LogP) is 3.89. The molecular formula is C16H17NO3. The number of furan rings is 2. The van der Waals surface area contributed by atoms with Gasteiger partial charge in [-0.2, -0.15) is 0 Å². The normalized spacial score (nSPS) is 12.7. The van der Waals surface area contributed by atoms with E-state index in [0.29, 0.717) is 6.54 Å². The molecule has 2 aromatic heterocycles. The van der Waals surface area contributed by atoms with Crippen molar-refractivity contribution >= 4 is 11.0 Å². The second-order valence-corrected chi connectivity index (χ2v) is 4.71. The zero-order valence-corrected chi connectivity index (χ0v) is 11.6. The van der Waals surface area contributed by atoms with E-state index in [-0.39, 0.29) is 6.04 Å². The Balaban J connectivity index is 1.75. The highest BCUT2D eigenvalue weighted by Crippen LogP contribution is 2.28. The van der Waals surface area contributed by atoms with Gasteiger partial charge in [-0.1, -0.05) is 12.1 Å². The van der Waals surface area contributed by atoms with Crippen LogP contribution in [-0.4, -0.2) is 7.11 Å². The molecule has 0 amide bonds. The third kappa shape index (κ3) is 2.42. The van der Waals surface area contributed by atoms with Gasteiger partial charge >= 0.3 is 0 Å². The van der Waals surface area contributed by atoms with Crippen molar-refractivity contribution in [3.8, 4) is 5.75 Å². The van der Waals surface area contributed by atoms with E-state index in [9.17, 15) is 0 Å². The van der Waals surface area contributed by atoms with Crippen LogP contribution >= 0.6 is 0 Å². The first-order valence-electron chi connectivity index (χ1n) is 6.60. The van der Waals surface area contributed by atoms with Gasteiger partial charge in [-0.3, -0.25) is 0 Å². The topological polar surface area (TPSA) is 47.5 Å². The second kappa shape index (κ2) is 5.43. The third-order valence-corrected chi connectivity index (χ3v) is 3.33. The van der Waals surface area contributed by atoms with Crippen molar-refractivity contribution in [3.05, 3.63) is 54.2 Å². The molecule has 0 unspecified atom stereocenters. The van der Waals surface area contributed by atoms with Crippen LogP contribution in [0.25, 0.3) is 11.0 Å². The van der Waals surface area contributed by atoms with Crippen LogP contribution in [0.1, 0.15) is 24.5 Å². The molecule has 0 saturated carbocycles. The molecule has 3 aromatic rings. The van der Waals surface area contributed by atoms with Gasteiger partial charge in [0.25, 0.3) is 0 Å². The SMILES string of the molecule is COc1cccc2cc(CN[C@@H](C)c3ccco3)oc12. The summed E-state index contributed by atoms with van der Waals surface area (Å²) in [7, 11) is 1.65. The Labute approximate surface area is 117 Å². The second-order valence-electron chi connectivity index (χ2n) is 4.71. The first-order valence-corrected chi connectivity index (χ1v) is 6.60. The van der Waals surface area contributed by atoms with Crippen molar-refractivity contribution in [3.63, 3.8) is 0 Å². The summed E-state index contributed by atoms with van der Waals surface area (Å²) in [5.41, 5.74) is 0.789. The van der Waals surface area contributed by atoms with Crippen LogP contribution in [-0.2, 0) is 6.54 Å². The van der Waals surface area contributed by atoms with Crippen LogP contribution < -0.4 is 10.1 Å². The van der Waals surface area contributed by atoms with E-state index >= 15 is 0 Å². The van der Waals surface area contributed by atoms with Gasteiger partial charge < -0.3 is 18.9 Å². The molecule has 0 aliphatic rings. The lowest BCUT2D eigenvalue weighted by molar-refractivity contribution is 0.397. The molecule has 1 atom stereocenters. The number of ether oxygens (including phenoxy) is 1. The minimum atomic E-state index is 0.139. The lowest BCUT2D eigenvalue weighted by Gasteiger charge is -2.09. The molecule has 0 spiro atoms. The molecule has 20 heavy (non-hydrogen) atoms. The molecule has 2 heterocycles. The molecule has 1 aromatic carbocycles. The summed E-state index contributed by atoms with van der Waals surface area (Å²) >= 11 is 0. The van der Waals surface area contributed by atoms with Crippen molar-refractivity contribution in [2.45, 2.75) is 19.5 Å². The van der Waals surface area contributed by atoms with Gasteiger partial charge in [0.15, 0.2) is 11.3 Å². The zero-order valence-electron chi connectivity index (χ0n) is 11.6. The molecule has 3 rings (SSSR count). The molecule has 0 radical (unpaired) electrons. The molecule has 0 saturated heterocycles. The van der Waals surface area contributed by atoms with Crippen LogP contribution in [0, 0.1) is 0 Å². The summed E-state index contributed by atoms with van der Waals surface area (Å²) in [5.74, 6) is 2.55. The minimum absolute atomic E-state index is 0.139. The van der Waals surface area contributed by atoms with Crippen LogP contribution in [0.3, 0.4) is 0 Å². The summed E-state index contributed by atoms with van der Waals surface area (Å²) in [6.07, 6.45) is 1.68. The molecule has 0 fully saturated rings. The first kappa shape index (κ1) is 12.8. The Morgan fingerprint density at radius 3 is 2.90 bits per heavy atom. The smallest absolute Gasteiger partial charge is 0.176 e. The number of hydrogen-bond acceptors (Lipinski definition) is 4. The van der Waals surface area contributed by atoms with E-state index in [1.807, 2.05) is 36.4 Å². The quantitative estimate of drug-likeness (QED) is 0.765. The number of fused-ring (bicyclic) bond motifs is 1. The highest BCUT2D eigenvalue weighted by atomic mass is 16.5. The highest BCUT2D eigenvalue weighted by molar-refractivity contribution is 5.83. The van der Waals surface area contributed by atoms with Gasteiger partial charge in [0.1, 0.15) is 11.5 Å². The number of benzene rings is 1. The summed E-state index contributed by atoms with van der Waals surface area (Å²) < 4.78 is 16.5. The Morgan fingerprint density at radius 2 is 2.15 bits per heavy atom. The molecule has 4 heteroatoms. The van der Waals surface area contributed by atoms with Crippen molar-refractivity contribution in [2.24, 2.45) is 0 Å². The largest absolute Gasteiger partial charge is 0.493 e. The predicted molar refractivity (Wildman–Crippen MR) is 76.7 cm³/mol. The average molecular weight is 271 g/mol. The molecule has 0 aliphatic carbocycles. The van der Waals surface area contributed by atoms with Gasteiger partial charge in [0.2, 0.25) is 0 Å². The molecule has 0 aliphatic heterocycles. The van der Waals surface area contributed by atoms with Crippen molar-refractivity contribution in [2.75, 3.05) is 7.11 Å². The van der Waals surface area contributed by atoms with Crippen LogP contribution in [0.4, 0.5) is 0 Å². The molecule has 0 bridgehead atoms. The van der Waals surface area contributed by atoms with Gasteiger partial charge in [0.05, 0.1) is 26.0 Å². The van der Waals surface area contributed by atoms with Crippen LogP contribution in [0.5, 0.6) is 5.75 Å². The van der Waals surface area contributed by atoms with E-state index in [1.165, 1.54) is 0 Å². The fraction of sp³-hybridized carbons (Fsp3) is 0.250. The lowest BCUT2D eigenvalue weighted by atomic mass is 10.2. The van der Waals surface area contributed by atoms with Gasteiger partial charge in [-0.15, -0.1) is 0 Å². The Hall–Kier alpha value is -2.20. The Kier molecular flexibility index (Phi) is 3.48. The standard InChI is InChI=1S/C16H17NO3/c1-11(14-7-4-8-19-14)17-10-13-9-12-5-3-6-15(18-2)16(12)20-13/h3-9,11,17H,10H2,1-2H3/t11-/m0/s1. The fourth-order valence-electron chi connectivity index (χ4n) is 2.23. The molecular weight excluding hydrogens is 254 g/mol. The summed E-state index contributed by atoms with van der Waals surface area (Å²) in [6, 6.07) is 11.9. The van der Waals surface area contributed by atoms with Crippen LogP contribution in [0.15, 0.2) is 51.5 Å². The number of methoxy groups -OCH3 is 1. The lowest BCUT2D eigenvalue weighted by Crippen LogP contribution is -2.17. The monoisotopic (exact) mass is 271 g/mol. The maximum Gasteiger partial charge on any atom is 0.176 e. The van der Waals surface area contributed by atoms with E-state index in [1.54, 1.807) is 13.4 Å². The average Bonchev–Trinajstić information content (AvgIpc) is 3.12. The highest BCUT2D eigenvalue weighted by Gasteiger charge is 2.11. The number of nitrogens with one attached hydrogen (secondary N) is 1. The maximum absolute atomic E-state index is 5.84. The van der Waals surface area contributed by atoms with Gasteiger partial charge in [-0.25, -0.2) is 0 Å². The van der Waals surface area contributed by atoms with Crippen LogP contribution in [0.2, 0.25) is 0 Å². The van der Waals surface area contributed by atoms with Crippen molar-refractivity contribution in [1.29, 1.82) is 0 Å². The van der Waals surface area contributed by atoms with E-state index in [4.69, 9.17) is 13.6 Å². The van der Waals surface area contributed by atoms with Gasteiger partial charge in [-0.05, 0) is 31.2 Å². The van der Waals surface area contributed by atoms with E-state index in [2.05, 4.69) is 12.2 Å². The summed E-state index contributed by atoms with van der Waals surface area (Å²) in [6.45, 7) is 2.70. The van der Waals surface area contributed by atoms with Gasteiger partial charge in [0, 0.05) is 5.39 Å². The number of para-hydroxylation sites is 1. The minimum Gasteiger partial charge on any atom is -0.493 e. The Morgan fingerprint density at radius 1 is 1.25 bits per heavy atom. The maximum atomic E-state index is 5.84. The summed E-state index contributed by atoms with van der Waals surface area (Å²) in [4.78, 5) is 0. The summed E-state index contributed by atoms with van der Waals surface area (Å²) in [5, 5.41) is 4.42. The number of hydrogen-bond donors (Lipinski definition) is 1. The van der Waals surface area contributed by atoms with Crippen molar-refractivity contribution < 1.29 is 13.6 Å². The first-order chi connectivity index (χ1) is 9.78. The van der Waals surface area contributed by atoms with E-state index in [0.717, 1.165) is 28.2 Å². The molecule has 4 nitrogen and oxygen atoms in total. The Bertz CT molecular complexity index is 685. The third-order valence-electron chi connectivity index (χ3n) is 3.33. The van der Waals surface area contributed by atoms with E-state index < -0.39 is 0 Å².